The smallest absolute Gasteiger partial charge is 0.225 e. The van der Waals surface area contributed by atoms with Gasteiger partial charge in [-0.05, 0) is 12.1 Å². The molecule has 0 radical (unpaired) electrons. The molecule has 5 nitrogen and oxygen atoms in total. The number of carbonyl (C=O) groups excluding carboxylic acids is 1. The predicted octanol–water partition coefficient (Wildman–Crippen LogP) is 1.78. The van der Waals surface area contributed by atoms with Crippen molar-refractivity contribution in [2.45, 2.75) is 38.0 Å². The van der Waals surface area contributed by atoms with Crippen LogP contribution in [-0.2, 0) is 17.8 Å². The lowest BCUT2D eigenvalue weighted by Gasteiger charge is -2.36. The Bertz CT molecular complexity index is 641. The standard InChI is InChI=1S/C17H19N3O2/c21-17(12-8-16-18-6-7-20(16)11-12)19-13-9-15(10-13)22-14-4-2-1-3-5-14/h1-7,12-13,15H,8-11H2,(H,19,21). The van der Waals surface area contributed by atoms with Crippen LogP contribution in [0.5, 0.6) is 5.75 Å². The van der Waals surface area contributed by atoms with Crippen molar-refractivity contribution in [2.24, 2.45) is 5.92 Å². The Labute approximate surface area is 129 Å². The molecule has 114 valence electrons. The number of carbonyl (C=O) groups is 1. The van der Waals surface area contributed by atoms with Crippen LogP contribution >= 0.6 is 0 Å². The van der Waals surface area contributed by atoms with Crippen molar-refractivity contribution in [3.05, 3.63) is 48.5 Å². The highest BCUT2D eigenvalue weighted by atomic mass is 16.5. The Morgan fingerprint density at radius 3 is 2.86 bits per heavy atom. The van der Waals surface area contributed by atoms with Gasteiger partial charge in [-0.25, -0.2) is 4.98 Å². The average Bonchev–Trinajstić information content (AvgIpc) is 3.07. The SMILES string of the molecule is O=C(NC1CC(Oc2ccccc2)C1)C1Cc2nccn2C1. The summed E-state index contributed by atoms with van der Waals surface area (Å²) in [6, 6.07) is 10.1. The number of nitrogens with one attached hydrogen (secondary N) is 1. The Morgan fingerprint density at radius 2 is 2.09 bits per heavy atom. The van der Waals surface area contributed by atoms with E-state index in [0.717, 1.165) is 37.4 Å². The van der Waals surface area contributed by atoms with Crippen LogP contribution in [-0.4, -0.2) is 27.6 Å². The Balaban J connectivity index is 1.23. The number of para-hydroxylation sites is 1. The maximum atomic E-state index is 12.3. The monoisotopic (exact) mass is 297 g/mol. The first-order valence-corrected chi connectivity index (χ1v) is 7.80. The molecule has 0 spiro atoms. The van der Waals surface area contributed by atoms with Crippen LogP contribution in [0.2, 0.25) is 0 Å². The van der Waals surface area contributed by atoms with Crippen LogP contribution in [0.1, 0.15) is 18.7 Å². The van der Waals surface area contributed by atoms with Gasteiger partial charge in [-0.15, -0.1) is 0 Å². The molecule has 1 amide bonds. The van der Waals surface area contributed by atoms with Crippen molar-refractivity contribution in [3.63, 3.8) is 0 Å². The van der Waals surface area contributed by atoms with Crippen molar-refractivity contribution in [3.8, 4) is 5.75 Å². The van der Waals surface area contributed by atoms with Gasteiger partial charge in [0.1, 0.15) is 17.7 Å². The largest absolute Gasteiger partial charge is 0.490 e. The van der Waals surface area contributed by atoms with E-state index in [2.05, 4.69) is 14.9 Å². The zero-order valence-electron chi connectivity index (χ0n) is 12.3. The zero-order valence-corrected chi connectivity index (χ0v) is 12.3. The molecule has 1 aromatic carbocycles. The Morgan fingerprint density at radius 1 is 1.27 bits per heavy atom. The summed E-state index contributed by atoms with van der Waals surface area (Å²) in [6.45, 7) is 0.748. The molecule has 22 heavy (non-hydrogen) atoms. The van der Waals surface area contributed by atoms with E-state index in [-0.39, 0.29) is 24.0 Å². The fraction of sp³-hybridized carbons (Fsp3) is 0.412. The average molecular weight is 297 g/mol. The van der Waals surface area contributed by atoms with Crippen molar-refractivity contribution < 1.29 is 9.53 Å². The highest BCUT2D eigenvalue weighted by molar-refractivity contribution is 5.79. The van der Waals surface area contributed by atoms with Crippen LogP contribution in [0.3, 0.4) is 0 Å². The Hall–Kier alpha value is -2.30. The molecule has 1 saturated carbocycles. The molecule has 1 aliphatic heterocycles. The van der Waals surface area contributed by atoms with Gasteiger partial charge >= 0.3 is 0 Å². The summed E-state index contributed by atoms with van der Waals surface area (Å²) in [4.78, 5) is 16.6. The summed E-state index contributed by atoms with van der Waals surface area (Å²) in [7, 11) is 0. The highest BCUT2D eigenvalue weighted by Gasteiger charge is 2.35. The maximum absolute atomic E-state index is 12.3. The summed E-state index contributed by atoms with van der Waals surface area (Å²) < 4.78 is 7.92. The molecule has 1 atom stereocenters. The molecule has 1 N–H and O–H groups in total. The lowest BCUT2D eigenvalue weighted by molar-refractivity contribution is -0.126. The summed E-state index contributed by atoms with van der Waals surface area (Å²) in [6.07, 6.45) is 6.47. The summed E-state index contributed by atoms with van der Waals surface area (Å²) in [5.74, 6) is 2.09. The molecule has 1 aromatic heterocycles. The van der Waals surface area contributed by atoms with E-state index in [9.17, 15) is 4.79 Å². The molecule has 1 unspecified atom stereocenters. The third kappa shape index (κ3) is 2.58. The van der Waals surface area contributed by atoms with Gasteiger partial charge in [0, 0.05) is 44.2 Å². The van der Waals surface area contributed by atoms with Crippen molar-refractivity contribution in [1.29, 1.82) is 0 Å². The van der Waals surface area contributed by atoms with Gasteiger partial charge in [-0.1, -0.05) is 18.2 Å². The van der Waals surface area contributed by atoms with E-state index in [4.69, 9.17) is 4.74 Å². The number of imidazole rings is 1. The number of nitrogens with zero attached hydrogens (tertiary/aromatic N) is 2. The van der Waals surface area contributed by atoms with Crippen LogP contribution in [0.4, 0.5) is 0 Å². The number of fused-ring (bicyclic) bond motifs is 1. The topological polar surface area (TPSA) is 56.1 Å². The number of rotatable bonds is 4. The van der Waals surface area contributed by atoms with Gasteiger partial charge in [0.2, 0.25) is 5.91 Å². The second kappa shape index (κ2) is 5.48. The van der Waals surface area contributed by atoms with Crippen LogP contribution in [0, 0.1) is 5.92 Å². The van der Waals surface area contributed by atoms with E-state index in [0.29, 0.717) is 0 Å². The van der Waals surface area contributed by atoms with Gasteiger partial charge in [-0.3, -0.25) is 4.79 Å². The summed E-state index contributed by atoms with van der Waals surface area (Å²) >= 11 is 0. The second-order valence-electron chi connectivity index (χ2n) is 6.13. The lowest BCUT2D eigenvalue weighted by Crippen LogP contribution is -2.50. The second-order valence-corrected chi connectivity index (χ2v) is 6.13. The first kappa shape index (κ1) is 13.4. The third-order valence-corrected chi connectivity index (χ3v) is 4.51. The van der Waals surface area contributed by atoms with Crippen molar-refractivity contribution >= 4 is 5.91 Å². The lowest BCUT2D eigenvalue weighted by atomic mass is 9.88. The highest BCUT2D eigenvalue weighted by Crippen LogP contribution is 2.27. The zero-order chi connectivity index (χ0) is 14.9. The van der Waals surface area contributed by atoms with Crippen molar-refractivity contribution in [1.82, 2.24) is 14.9 Å². The number of benzene rings is 1. The van der Waals surface area contributed by atoms with Crippen LogP contribution < -0.4 is 10.1 Å². The van der Waals surface area contributed by atoms with Gasteiger partial charge in [0.25, 0.3) is 0 Å². The molecule has 4 rings (SSSR count). The van der Waals surface area contributed by atoms with E-state index in [1.807, 2.05) is 36.5 Å². The molecular formula is C17H19N3O2. The number of hydrogen-bond acceptors (Lipinski definition) is 3. The molecule has 0 saturated heterocycles. The minimum absolute atomic E-state index is 0.0257. The fourth-order valence-corrected chi connectivity index (χ4v) is 3.18. The number of amides is 1. The summed E-state index contributed by atoms with van der Waals surface area (Å²) in [5.41, 5.74) is 0. The number of ether oxygens (including phenoxy) is 1. The quantitative estimate of drug-likeness (QED) is 0.936. The molecule has 2 heterocycles. The van der Waals surface area contributed by atoms with Gasteiger partial charge in [0.15, 0.2) is 0 Å². The summed E-state index contributed by atoms with van der Waals surface area (Å²) in [5, 5.41) is 3.14. The first-order chi connectivity index (χ1) is 10.8. The minimum atomic E-state index is 0.0257. The molecule has 5 heteroatoms. The predicted molar refractivity (Wildman–Crippen MR) is 81.4 cm³/mol. The maximum Gasteiger partial charge on any atom is 0.225 e. The van der Waals surface area contributed by atoms with Gasteiger partial charge in [0.05, 0.1) is 5.92 Å². The molecule has 2 aliphatic rings. The van der Waals surface area contributed by atoms with Crippen LogP contribution in [0.15, 0.2) is 42.7 Å². The van der Waals surface area contributed by atoms with Crippen LogP contribution in [0.25, 0.3) is 0 Å². The van der Waals surface area contributed by atoms with E-state index < -0.39 is 0 Å². The molecule has 0 bridgehead atoms. The molecule has 1 fully saturated rings. The Kier molecular flexibility index (Phi) is 3.33. The minimum Gasteiger partial charge on any atom is -0.490 e. The third-order valence-electron chi connectivity index (χ3n) is 4.51. The molecular weight excluding hydrogens is 278 g/mol. The number of aromatic nitrogens is 2. The van der Waals surface area contributed by atoms with Gasteiger partial charge < -0.3 is 14.6 Å². The van der Waals surface area contributed by atoms with E-state index >= 15 is 0 Å². The van der Waals surface area contributed by atoms with Gasteiger partial charge in [-0.2, -0.15) is 0 Å². The van der Waals surface area contributed by atoms with E-state index in [1.54, 1.807) is 6.20 Å². The number of hydrogen-bond donors (Lipinski definition) is 1. The fourth-order valence-electron chi connectivity index (χ4n) is 3.18. The first-order valence-electron chi connectivity index (χ1n) is 7.80. The molecule has 2 aromatic rings. The van der Waals surface area contributed by atoms with E-state index in [1.165, 1.54) is 0 Å². The normalized spacial score (nSPS) is 26.1. The van der Waals surface area contributed by atoms with Crippen molar-refractivity contribution in [2.75, 3.05) is 0 Å². The molecule has 1 aliphatic carbocycles.